The minimum Gasteiger partial charge on any atom is -0.384 e. The number of carbonyl (C=O) groups excluding carboxylic acids is 1. The number of hydrogen-bond acceptors (Lipinski definition) is 8. The molecule has 0 saturated heterocycles. The third kappa shape index (κ3) is 6.26. The summed E-state index contributed by atoms with van der Waals surface area (Å²) in [5.74, 6) is -0.787. The van der Waals surface area contributed by atoms with Crippen LogP contribution in [0.15, 0.2) is 55.1 Å². The molecule has 1 amide bonds. The molecule has 0 radical (unpaired) electrons. The van der Waals surface area contributed by atoms with Crippen molar-refractivity contribution in [1.29, 1.82) is 0 Å². The van der Waals surface area contributed by atoms with Gasteiger partial charge < -0.3 is 20.5 Å². The van der Waals surface area contributed by atoms with Gasteiger partial charge in [0.25, 0.3) is 0 Å². The van der Waals surface area contributed by atoms with Gasteiger partial charge in [0.2, 0.25) is 5.91 Å². The van der Waals surface area contributed by atoms with Crippen molar-refractivity contribution < 1.29 is 13.6 Å². The standard InChI is InChI=1S/C34H34F2N10O/c1-46(2)11-10-38-23-13-20(12-22(35)15-23)25-8-9-39-32-30(25)42-33(43-32)31-27-26(44-45-31)18-40-29(28(27)36)21-14-24(17-37-16-21)41-34(47)19-6-4-3-5-7-19/h8-9,12-19,38H,3-7,10-11H2,1-2H3,(H,41,47)(H,44,45)(H,39,42,43). The van der Waals surface area contributed by atoms with Crippen LogP contribution in [0.2, 0.25) is 0 Å². The molecule has 5 aromatic heterocycles. The number of carbonyl (C=O) groups is 1. The predicted octanol–water partition coefficient (Wildman–Crippen LogP) is 6.40. The van der Waals surface area contributed by atoms with E-state index in [0.29, 0.717) is 51.3 Å². The van der Waals surface area contributed by atoms with Gasteiger partial charge in [0.15, 0.2) is 17.3 Å². The summed E-state index contributed by atoms with van der Waals surface area (Å²) >= 11 is 0. The van der Waals surface area contributed by atoms with Crippen LogP contribution in [0.1, 0.15) is 32.1 Å². The number of aromatic amines is 2. The maximum absolute atomic E-state index is 16.3. The fourth-order valence-corrected chi connectivity index (χ4v) is 6.12. The quantitative estimate of drug-likeness (QED) is 0.143. The maximum Gasteiger partial charge on any atom is 0.227 e. The van der Waals surface area contributed by atoms with E-state index in [2.05, 4.69) is 40.8 Å². The lowest BCUT2D eigenvalue weighted by Gasteiger charge is -2.20. The largest absolute Gasteiger partial charge is 0.384 e. The number of H-pyrrole nitrogens is 2. The highest BCUT2D eigenvalue weighted by Crippen LogP contribution is 2.35. The Bertz CT molecular complexity index is 2080. The van der Waals surface area contributed by atoms with Crippen LogP contribution in [0.5, 0.6) is 0 Å². The molecular weight excluding hydrogens is 602 g/mol. The van der Waals surface area contributed by atoms with E-state index < -0.39 is 5.82 Å². The Morgan fingerprint density at radius 1 is 0.979 bits per heavy atom. The molecule has 1 aliphatic rings. The van der Waals surface area contributed by atoms with Crippen molar-refractivity contribution >= 4 is 39.3 Å². The number of pyridine rings is 3. The van der Waals surface area contributed by atoms with Gasteiger partial charge in [-0.15, -0.1) is 0 Å². The van der Waals surface area contributed by atoms with Crippen LogP contribution in [0.25, 0.3) is 56.0 Å². The Morgan fingerprint density at radius 2 is 1.81 bits per heavy atom. The Hall–Kier alpha value is -5.30. The molecule has 7 rings (SSSR count). The van der Waals surface area contributed by atoms with Crippen LogP contribution >= 0.6 is 0 Å². The first-order chi connectivity index (χ1) is 22.8. The predicted molar refractivity (Wildman–Crippen MR) is 178 cm³/mol. The van der Waals surface area contributed by atoms with Crippen LogP contribution in [0.3, 0.4) is 0 Å². The molecule has 6 aromatic rings. The van der Waals surface area contributed by atoms with E-state index in [1.54, 1.807) is 24.5 Å². The zero-order valence-electron chi connectivity index (χ0n) is 26.1. The van der Waals surface area contributed by atoms with Crippen molar-refractivity contribution in [3.05, 3.63) is 66.8 Å². The second kappa shape index (κ2) is 12.8. The van der Waals surface area contributed by atoms with E-state index in [0.717, 1.165) is 38.6 Å². The van der Waals surface area contributed by atoms with E-state index in [4.69, 9.17) is 4.98 Å². The van der Waals surface area contributed by atoms with E-state index >= 15 is 4.39 Å². The molecule has 0 unspecified atom stereocenters. The van der Waals surface area contributed by atoms with Crippen molar-refractivity contribution in [2.75, 3.05) is 37.8 Å². The van der Waals surface area contributed by atoms with Crippen molar-refractivity contribution in [2.45, 2.75) is 32.1 Å². The summed E-state index contributed by atoms with van der Waals surface area (Å²) in [7, 11) is 3.95. The number of halogens is 2. The molecule has 11 nitrogen and oxygen atoms in total. The summed E-state index contributed by atoms with van der Waals surface area (Å²) in [5.41, 5.74) is 4.44. The number of anilines is 2. The lowest BCUT2D eigenvalue weighted by Crippen LogP contribution is -2.24. The first-order valence-corrected chi connectivity index (χ1v) is 15.7. The van der Waals surface area contributed by atoms with Crippen LogP contribution in [-0.4, -0.2) is 73.1 Å². The zero-order valence-corrected chi connectivity index (χ0v) is 26.1. The number of likely N-dealkylation sites (N-methyl/N-ethyl adjacent to an activating group) is 1. The number of rotatable bonds is 9. The number of amides is 1. The van der Waals surface area contributed by atoms with E-state index in [-0.39, 0.29) is 40.2 Å². The number of aromatic nitrogens is 7. The lowest BCUT2D eigenvalue weighted by atomic mass is 9.88. The summed E-state index contributed by atoms with van der Waals surface area (Å²) in [4.78, 5) is 35.8. The summed E-state index contributed by atoms with van der Waals surface area (Å²) in [6, 6.07) is 8.20. The van der Waals surface area contributed by atoms with Crippen LogP contribution < -0.4 is 10.6 Å². The van der Waals surface area contributed by atoms with Crippen LogP contribution in [-0.2, 0) is 4.79 Å². The fourth-order valence-electron chi connectivity index (χ4n) is 6.12. The number of hydrogen-bond donors (Lipinski definition) is 4. The summed E-state index contributed by atoms with van der Waals surface area (Å²) in [5, 5.41) is 13.6. The van der Waals surface area contributed by atoms with Crippen molar-refractivity contribution in [1.82, 2.24) is 40.0 Å². The van der Waals surface area contributed by atoms with Gasteiger partial charge in [-0.3, -0.25) is 19.9 Å². The molecule has 5 heterocycles. The molecule has 0 aliphatic heterocycles. The zero-order chi connectivity index (χ0) is 32.5. The molecule has 1 saturated carbocycles. The third-order valence-electron chi connectivity index (χ3n) is 8.51. The molecule has 0 bridgehead atoms. The Kier molecular flexibility index (Phi) is 8.29. The molecule has 0 spiro atoms. The van der Waals surface area contributed by atoms with Crippen molar-refractivity contribution in [3.8, 4) is 33.9 Å². The average molecular weight is 637 g/mol. The lowest BCUT2D eigenvalue weighted by molar-refractivity contribution is -0.120. The van der Waals surface area contributed by atoms with Gasteiger partial charge in [0.05, 0.1) is 29.0 Å². The molecule has 4 N–H and O–H groups in total. The van der Waals surface area contributed by atoms with Gasteiger partial charge in [-0.25, -0.2) is 18.7 Å². The molecule has 1 fully saturated rings. The summed E-state index contributed by atoms with van der Waals surface area (Å²) < 4.78 is 31.0. The van der Waals surface area contributed by atoms with E-state index in [1.807, 2.05) is 25.1 Å². The van der Waals surface area contributed by atoms with Crippen LogP contribution in [0.4, 0.5) is 20.2 Å². The number of nitrogens with one attached hydrogen (secondary N) is 4. The SMILES string of the molecule is CN(C)CCNc1cc(F)cc(-c2ccnc3[nH]c(-c4n[nH]c5cnc(-c6cncc(NC(=O)C7CCCCC7)c6)c(F)c45)nc23)c1. The molecule has 13 heteroatoms. The Labute approximate surface area is 269 Å². The summed E-state index contributed by atoms with van der Waals surface area (Å²) in [6.45, 7) is 1.44. The highest BCUT2D eigenvalue weighted by molar-refractivity contribution is 5.98. The average Bonchev–Trinajstić information content (AvgIpc) is 3.70. The molecule has 47 heavy (non-hydrogen) atoms. The highest BCUT2D eigenvalue weighted by Gasteiger charge is 2.24. The first kappa shape index (κ1) is 30.4. The topological polar surface area (TPSA) is 140 Å². The van der Waals surface area contributed by atoms with Gasteiger partial charge in [0.1, 0.15) is 22.7 Å². The number of fused-ring (bicyclic) bond motifs is 2. The normalized spacial score (nSPS) is 13.9. The smallest absolute Gasteiger partial charge is 0.227 e. The second-order valence-corrected chi connectivity index (χ2v) is 12.2. The first-order valence-electron chi connectivity index (χ1n) is 15.7. The van der Waals surface area contributed by atoms with E-state index in [9.17, 15) is 9.18 Å². The second-order valence-electron chi connectivity index (χ2n) is 12.2. The molecular formula is C34H34F2N10O. The maximum atomic E-state index is 16.3. The van der Waals surface area contributed by atoms with Gasteiger partial charge in [-0.2, -0.15) is 5.10 Å². The minimum atomic E-state index is -0.615. The monoisotopic (exact) mass is 636 g/mol. The van der Waals surface area contributed by atoms with Gasteiger partial charge in [0, 0.05) is 48.2 Å². The van der Waals surface area contributed by atoms with Crippen LogP contribution in [0, 0.1) is 17.6 Å². The fraction of sp³-hybridized carbons (Fsp3) is 0.294. The number of nitrogens with zero attached hydrogens (tertiary/aromatic N) is 6. The molecule has 0 atom stereocenters. The third-order valence-corrected chi connectivity index (χ3v) is 8.51. The Morgan fingerprint density at radius 3 is 2.64 bits per heavy atom. The minimum absolute atomic E-state index is 0.0290. The van der Waals surface area contributed by atoms with Gasteiger partial charge in [-0.05, 0) is 62.8 Å². The van der Waals surface area contributed by atoms with Crippen molar-refractivity contribution in [3.63, 3.8) is 0 Å². The molecule has 1 aromatic carbocycles. The molecule has 1 aliphatic carbocycles. The van der Waals surface area contributed by atoms with Crippen molar-refractivity contribution in [2.24, 2.45) is 5.92 Å². The molecule has 240 valence electrons. The number of imidazole rings is 1. The number of benzene rings is 1. The van der Waals surface area contributed by atoms with Gasteiger partial charge in [-0.1, -0.05) is 19.3 Å². The van der Waals surface area contributed by atoms with Gasteiger partial charge >= 0.3 is 0 Å². The summed E-state index contributed by atoms with van der Waals surface area (Å²) in [6.07, 6.45) is 11.1. The highest BCUT2D eigenvalue weighted by atomic mass is 19.1. The van der Waals surface area contributed by atoms with E-state index in [1.165, 1.54) is 24.5 Å². The Balaban J connectivity index is 1.22.